The predicted molar refractivity (Wildman–Crippen MR) is 48.5 cm³/mol. The van der Waals surface area contributed by atoms with Gasteiger partial charge in [-0.25, -0.2) is 4.98 Å². The molecule has 1 heterocycles. The van der Waals surface area contributed by atoms with Gasteiger partial charge in [0.2, 0.25) is 0 Å². The van der Waals surface area contributed by atoms with Gasteiger partial charge in [-0.15, -0.1) is 10.5 Å². The molecule has 1 N–H and O–H groups in total. The van der Waals surface area contributed by atoms with Crippen LogP contribution in [0.5, 0.6) is 0 Å². The van der Waals surface area contributed by atoms with E-state index >= 15 is 0 Å². The summed E-state index contributed by atoms with van der Waals surface area (Å²) in [6.07, 6.45) is 1.91. The molecule has 60 valence electrons. The lowest BCUT2D eigenvalue weighted by molar-refractivity contribution is 0.907. The number of aromatic amines is 1. The van der Waals surface area contributed by atoms with E-state index in [-0.39, 0.29) is 16.0 Å². The maximum atomic E-state index is 10.9. The molecule has 3 nitrogen and oxygen atoms in total. The second-order valence-electron chi connectivity index (χ2n) is 2.33. The summed E-state index contributed by atoms with van der Waals surface area (Å²) >= 11 is 0. The summed E-state index contributed by atoms with van der Waals surface area (Å²) in [5.74, 6) is 3.79. The largest absolute Gasteiger partial charge is 0.302 e. The normalized spacial score (nSPS) is 12.9. The topological polar surface area (TPSA) is 45.8 Å². The molecule has 1 aromatic heterocycles. The minimum absolute atomic E-state index is 0.101. The number of hydrogen-bond acceptors (Lipinski definition) is 2. The van der Waals surface area contributed by atoms with E-state index in [2.05, 4.69) is 15.8 Å². The number of aromatic nitrogens is 2. The molecule has 0 saturated carbocycles. The first-order valence-corrected chi connectivity index (χ1v) is 4.93. The van der Waals surface area contributed by atoms with E-state index in [0.717, 1.165) is 5.69 Å². The van der Waals surface area contributed by atoms with E-state index in [0.29, 0.717) is 5.16 Å². The summed E-state index contributed by atoms with van der Waals surface area (Å²) in [4.78, 5) is 17.7. The molecule has 0 bridgehead atoms. The Balaban J connectivity index is 3.30. The van der Waals surface area contributed by atoms with Gasteiger partial charge in [0, 0.05) is 11.8 Å². The Kier molecular flexibility index (Phi) is 2.24. The second-order valence-corrected chi connectivity index (χ2v) is 3.99. The van der Waals surface area contributed by atoms with Crippen LogP contribution in [0.25, 0.3) is 0 Å². The summed E-state index contributed by atoms with van der Waals surface area (Å²) in [5.41, 5.74) is 0.641. The molecule has 0 spiro atoms. The Labute approximate surface area is 67.4 Å². The van der Waals surface area contributed by atoms with Crippen molar-refractivity contribution in [2.75, 3.05) is 6.26 Å². The van der Waals surface area contributed by atoms with Crippen molar-refractivity contribution in [1.82, 2.24) is 9.97 Å². The van der Waals surface area contributed by atoms with Gasteiger partial charge in [-0.05, 0) is 13.2 Å². The third kappa shape index (κ3) is 2.01. The van der Waals surface area contributed by atoms with Gasteiger partial charge in [0.1, 0.15) is 0 Å². The maximum absolute atomic E-state index is 10.9. The van der Waals surface area contributed by atoms with Gasteiger partial charge in [-0.2, -0.15) is 0 Å². The first kappa shape index (κ1) is 8.20. The van der Waals surface area contributed by atoms with E-state index in [9.17, 15) is 4.79 Å². The fraction of sp³-hybridized carbons (Fsp3) is 0.286. The van der Waals surface area contributed by atoms with Crippen molar-refractivity contribution in [1.29, 1.82) is 0 Å². The lowest BCUT2D eigenvalue weighted by Crippen LogP contribution is -2.08. The zero-order chi connectivity index (χ0) is 8.43. The Hall–Kier alpha value is -0.900. The molecule has 11 heavy (non-hydrogen) atoms. The van der Waals surface area contributed by atoms with Crippen LogP contribution in [0.15, 0.2) is 16.0 Å². The molecule has 0 aromatic carbocycles. The third-order valence-corrected chi connectivity index (χ3v) is 2.03. The van der Waals surface area contributed by atoms with Crippen LogP contribution in [0.1, 0.15) is 5.69 Å². The summed E-state index contributed by atoms with van der Waals surface area (Å²) < 4.78 is 0. The van der Waals surface area contributed by atoms with Crippen LogP contribution in [-0.2, 0) is 0 Å². The van der Waals surface area contributed by atoms with Crippen LogP contribution in [0.3, 0.4) is 0 Å². The Morgan fingerprint density at radius 2 is 2.36 bits per heavy atom. The number of hydrogen-bond donors (Lipinski definition) is 1. The Morgan fingerprint density at radius 3 is 2.82 bits per heavy atom. The highest BCUT2D eigenvalue weighted by Gasteiger charge is 1.95. The van der Waals surface area contributed by atoms with Crippen molar-refractivity contribution in [3.63, 3.8) is 0 Å². The van der Waals surface area contributed by atoms with Gasteiger partial charge in [0.25, 0.3) is 5.56 Å². The summed E-state index contributed by atoms with van der Waals surface area (Å²) in [5, 5.41) is 0.676. The van der Waals surface area contributed by atoms with Crippen LogP contribution in [0.4, 0.5) is 0 Å². The van der Waals surface area contributed by atoms with Gasteiger partial charge in [0.05, 0.1) is 0 Å². The van der Waals surface area contributed by atoms with Crippen molar-refractivity contribution in [3.8, 4) is 0 Å². The number of aryl methyl sites for hydroxylation is 1. The van der Waals surface area contributed by atoms with Crippen LogP contribution in [0.2, 0.25) is 0 Å². The molecular formula is C7H10N2OS. The fourth-order valence-corrected chi connectivity index (χ4v) is 1.29. The van der Waals surface area contributed by atoms with Gasteiger partial charge >= 0.3 is 0 Å². The van der Waals surface area contributed by atoms with Gasteiger partial charge in [-0.3, -0.25) is 4.79 Å². The van der Waals surface area contributed by atoms with Gasteiger partial charge in [-0.1, -0.05) is 5.87 Å². The molecule has 1 atom stereocenters. The average molecular weight is 170 g/mol. The van der Waals surface area contributed by atoms with E-state index in [1.165, 1.54) is 6.07 Å². The maximum Gasteiger partial charge on any atom is 0.251 e. The standard InChI is InChI=1S/C7H10N2OS/c1-5-4-6(10)9-7(8-5)11(2)3/h4H,2H2,1,3H3,(H,8,9,10). The molecule has 0 saturated heterocycles. The second kappa shape index (κ2) is 3.00. The van der Waals surface area contributed by atoms with Gasteiger partial charge < -0.3 is 4.98 Å². The van der Waals surface area contributed by atoms with Crippen molar-refractivity contribution in [2.24, 2.45) is 0 Å². The van der Waals surface area contributed by atoms with Crippen LogP contribution in [-0.4, -0.2) is 22.1 Å². The molecule has 1 rings (SSSR count). The van der Waals surface area contributed by atoms with E-state index < -0.39 is 0 Å². The Bertz CT molecular complexity index is 343. The first-order valence-electron chi connectivity index (χ1n) is 3.13. The molecule has 4 heteroatoms. The molecule has 0 amide bonds. The quantitative estimate of drug-likeness (QED) is 0.500. The minimum Gasteiger partial charge on any atom is -0.302 e. The smallest absolute Gasteiger partial charge is 0.251 e. The summed E-state index contributed by atoms with van der Waals surface area (Å²) in [7, 11) is -0.216. The minimum atomic E-state index is -0.216. The fourth-order valence-electron chi connectivity index (χ4n) is 0.717. The molecule has 0 aliphatic carbocycles. The predicted octanol–water partition coefficient (Wildman–Crippen LogP) is 0.768. The molecule has 1 aromatic rings. The lowest BCUT2D eigenvalue weighted by atomic mass is 10.5. The lowest BCUT2D eigenvalue weighted by Gasteiger charge is -1.99. The Morgan fingerprint density at radius 1 is 1.73 bits per heavy atom. The van der Waals surface area contributed by atoms with Crippen molar-refractivity contribution in [2.45, 2.75) is 12.1 Å². The van der Waals surface area contributed by atoms with E-state index in [1.807, 2.05) is 6.26 Å². The van der Waals surface area contributed by atoms with Crippen LogP contribution < -0.4 is 5.56 Å². The number of nitrogens with zero attached hydrogens (tertiary/aromatic N) is 1. The molecule has 1 unspecified atom stereocenters. The van der Waals surface area contributed by atoms with Crippen LogP contribution in [0, 0.1) is 6.92 Å². The molecule has 0 radical (unpaired) electrons. The monoisotopic (exact) mass is 170 g/mol. The van der Waals surface area contributed by atoms with Crippen molar-refractivity contribution in [3.05, 3.63) is 22.1 Å². The summed E-state index contributed by atoms with van der Waals surface area (Å²) in [6.45, 7) is 1.80. The average Bonchev–Trinajstić information content (AvgIpc) is 1.85. The number of nitrogens with one attached hydrogen (secondary N) is 1. The highest BCUT2D eigenvalue weighted by molar-refractivity contribution is 8.13. The zero-order valence-corrected chi connectivity index (χ0v) is 7.36. The SMILES string of the molecule is C=S(C)c1nc(C)cc(=O)[nH]1. The molecule has 0 aliphatic rings. The van der Waals surface area contributed by atoms with Crippen molar-refractivity contribution < 1.29 is 0 Å². The van der Waals surface area contributed by atoms with Crippen molar-refractivity contribution >= 4 is 16.4 Å². The van der Waals surface area contributed by atoms with E-state index in [1.54, 1.807) is 6.92 Å². The molecule has 0 aliphatic heterocycles. The first-order chi connectivity index (χ1) is 5.09. The highest BCUT2D eigenvalue weighted by atomic mass is 32.2. The van der Waals surface area contributed by atoms with Crippen LogP contribution >= 0.6 is 10.5 Å². The highest BCUT2D eigenvalue weighted by Crippen LogP contribution is 2.12. The number of rotatable bonds is 1. The molecule has 0 fully saturated rings. The zero-order valence-electron chi connectivity index (χ0n) is 6.55. The third-order valence-electron chi connectivity index (χ3n) is 1.18. The van der Waals surface area contributed by atoms with E-state index in [4.69, 9.17) is 0 Å². The van der Waals surface area contributed by atoms with Gasteiger partial charge in [0.15, 0.2) is 5.16 Å². The number of H-pyrrole nitrogens is 1. The summed E-state index contributed by atoms with van der Waals surface area (Å²) in [6, 6.07) is 1.47. The molecular weight excluding hydrogens is 160 g/mol.